The van der Waals surface area contributed by atoms with Crippen molar-refractivity contribution < 1.29 is 19.1 Å². The minimum atomic E-state index is -0.412. The van der Waals surface area contributed by atoms with E-state index < -0.39 is 4.92 Å². The molecule has 0 saturated carbocycles. The number of non-ortho nitro benzene ring substituents is 1. The van der Waals surface area contributed by atoms with Crippen molar-refractivity contribution in [1.29, 1.82) is 0 Å². The molecule has 9 heteroatoms. The predicted octanol–water partition coefficient (Wildman–Crippen LogP) is 7.17. The van der Waals surface area contributed by atoms with E-state index in [0.29, 0.717) is 23.7 Å². The molecule has 3 heterocycles. The number of hydrogen-bond donors (Lipinski definition) is 1. The molecule has 1 fully saturated rings. The van der Waals surface area contributed by atoms with Gasteiger partial charge in [-0.1, -0.05) is 18.2 Å². The molecule has 212 valence electrons. The maximum Gasteiger partial charge on any atom is 0.269 e. The van der Waals surface area contributed by atoms with Crippen LogP contribution in [0.1, 0.15) is 35.4 Å². The molecule has 1 N–H and O–H groups in total. The number of methoxy groups -OCH3 is 1. The standard InChI is InChI=1S/C33H30N4O5/c1-40-33-21-30(42-22-31-3-2-18-41-31)15-8-25(33)7-9-26-20-29(10-5-23-4-6-24-16-17-34-32(24)19-23)36(35-26)27-11-13-28(14-12-27)37(38)39/h4-17,19-21,31,34H,2-3,18,22H2,1H3/b9-7+,10-5+. The molecule has 0 bridgehead atoms. The van der Waals surface area contributed by atoms with Crippen molar-refractivity contribution in [2.75, 3.05) is 20.3 Å². The lowest BCUT2D eigenvalue weighted by Gasteiger charge is -2.13. The van der Waals surface area contributed by atoms with Crippen molar-refractivity contribution in [3.63, 3.8) is 0 Å². The number of hydrogen-bond acceptors (Lipinski definition) is 6. The van der Waals surface area contributed by atoms with E-state index in [4.69, 9.17) is 19.3 Å². The molecule has 2 aromatic heterocycles. The lowest BCUT2D eigenvalue weighted by molar-refractivity contribution is -0.384. The van der Waals surface area contributed by atoms with Crippen LogP contribution >= 0.6 is 0 Å². The number of rotatable bonds is 10. The highest BCUT2D eigenvalue weighted by Crippen LogP contribution is 2.28. The molecule has 6 rings (SSSR count). The van der Waals surface area contributed by atoms with Crippen LogP contribution in [0, 0.1) is 10.1 Å². The normalized spacial score (nSPS) is 15.2. The van der Waals surface area contributed by atoms with Crippen LogP contribution < -0.4 is 9.47 Å². The topological polar surface area (TPSA) is 104 Å². The molecule has 1 unspecified atom stereocenters. The van der Waals surface area contributed by atoms with E-state index in [9.17, 15) is 10.1 Å². The summed E-state index contributed by atoms with van der Waals surface area (Å²) in [5, 5.41) is 17.1. The molecule has 1 aliphatic heterocycles. The minimum Gasteiger partial charge on any atom is -0.496 e. The maximum absolute atomic E-state index is 11.2. The zero-order valence-electron chi connectivity index (χ0n) is 23.1. The fourth-order valence-electron chi connectivity index (χ4n) is 4.95. The number of aromatic nitrogens is 3. The molecule has 0 aliphatic carbocycles. The zero-order valence-corrected chi connectivity index (χ0v) is 23.1. The van der Waals surface area contributed by atoms with Gasteiger partial charge in [0, 0.05) is 42.1 Å². The van der Waals surface area contributed by atoms with E-state index >= 15 is 0 Å². The summed E-state index contributed by atoms with van der Waals surface area (Å²) in [6, 6.07) is 22.3. The van der Waals surface area contributed by atoms with Crippen molar-refractivity contribution in [3.8, 4) is 17.2 Å². The second-order valence-electron chi connectivity index (χ2n) is 10.0. The van der Waals surface area contributed by atoms with Gasteiger partial charge in [-0.25, -0.2) is 4.68 Å². The molecule has 5 aromatic rings. The molecule has 3 aromatic carbocycles. The van der Waals surface area contributed by atoms with Crippen molar-refractivity contribution in [1.82, 2.24) is 14.8 Å². The molecular formula is C33H30N4O5. The second kappa shape index (κ2) is 12.2. The number of ether oxygens (including phenoxy) is 3. The molecule has 42 heavy (non-hydrogen) atoms. The van der Waals surface area contributed by atoms with E-state index in [2.05, 4.69) is 23.2 Å². The summed E-state index contributed by atoms with van der Waals surface area (Å²) in [4.78, 5) is 14.0. The van der Waals surface area contributed by atoms with Crippen LogP contribution in [-0.4, -0.2) is 46.1 Å². The number of aromatic amines is 1. The number of nitro groups is 1. The van der Waals surface area contributed by atoms with Crippen LogP contribution in [0.2, 0.25) is 0 Å². The number of nitrogens with one attached hydrogen (secondary N) is 1. The van der Waals surface area contributed by atoms with Gasteiger partial charge in [0.25, 0.3) is 5.69 Å². The van der Waals surface area contributed by atoms with Crippen LogP contribution in [0.5, 0.6) is 11.5 Å². The van der Waals surface area contributed by atoms with Gasteiger partial charge in [-0.3, -0.25) is 10.1 Å². The number of nitro benzene ring substituents is 1. The Balaban J connectivity index is 1.27. The smallest absolute Gasteiger partial charge is 0.269 e. The van der Waals surface area contributed by atoms with Crippen molar-refractivity contribution >= 4 is 40.9 Å². The van der Waals surface area contributed by atoms with Gasteiger partial charge in [0.15, 0.2) is 0 Å². The van der Waals surface area contributed by atoms with Crippen LogP contribution in [0.3, 0.4) is 0 Å². The van der Waals surface area contributed by atoms with Gasteiger partial charge in [0.05, 0.1) is 35.2 Å². The number of benzene rings is 3. The summed E-state index contributed by atoms with van der Waals surface area (Å²) in [5.74, 6) is 1.41. The lowest BCUT2D eigenvalue weighted by Crippen LogP contribution is -2.16. The molecule has 0 radical (unpaired) electrons. The Morgan fingerprint density at radius 2 is 1.93 bits per heavy atom. The maximum atomic E-state index is 11.2. The van der Waals surface area contributed by atoms with Crippen LogP contribution in [0.25, 0.3) is 40.9 Å². The predicted molar refractivity (Wildman–Crippen MR) is 164 cm³/mol. The summed E-state index contributed by atoms with van der Waals surface area (Å²) >= 11 is 0. The first-order valence-electron chi connectivity index (χ1n) is 13.8. The third kappa shape index (κ3) is 6.11. The van der Waals surface area contributed by atoms with E-state index in [1.165, 1.54) is 12.1 Å². The molecule has 1 aliphatic rings. The summed E-state index contributed by atoms with van der Waals surface area (Å²) in [6.45, 7) is 1.31. The molecule has 1 atom stereocenters. The quantitative estimate of drug-likeness (QED) is 0.143. The van der Waals surface area contributed by atoms with Gasteiger partial charge < -0.3 is 19.2 Å². The summed E-state index contributed by atoms with van der Waals surface area (Å²) in [6.07, 6.45) is 12.0. The van der Waals surface area contributed by atoms with Crippen molar-refractivity contribution in [3.05, 3.63) is 112 Å². The highest BCUT2D eigenvalue weighted by atomic mass is 16.6. The Morgan fingerprint density at radius 3 is 2.71 bits per heavy atom. The monoisotopic (exact) mass is 562 g/mol. The van der Waals surface area contributed by atoms with Gasteiger partial charge >= 0.3 is 0 Å². The molecule has 1 saturated heterocycles. The third-order valence-electron chi connectivity index (χ3n) is 7.19. The first kappa shape index (κ1) is 27.0. The number of nitrogens with zero attached hydrogens (tertiary/aromatic N) is 3. The Hall–Kier alpha value is -5.15. The van der Waals surface area contributed by atoms with E-state index in [-0.39, 0.29) is 11.8 Å². The number of H-pyrrole nitrogens is 1. The highest BCUT2D eigenvalue weighted by Gasteiger charge is 2.16. The SMILES string of the molecule is COc1cc(OCC2CCCO2)ccc1/C=C/c1cc(/C=C/c2ccc3cc[nH]c3c2)n(-c2ccc([N+](=O)[O-])cc2)n1. The summed E-state index contributed by atoms with van der Waals surface area (Å²) < 4.78 is 19.0. The van der Waals surface area contributed by atoms with Crippen LogP contribution in [0.4, 0.5) is 5.69 Å². The van der Waals surface area contributed by atoms with Gasteiger partial charge in [0.1, 0.15) is 18.1 Å². The van der Waals surface area contributed by atoms with E-state index in [1.54, 1.807) is 23.9 Å². The largest absolute Gasteiger partial charge is 0.496 e. The third-order valence-corrected chi connectivity index (χ3v) is 7.19. The fraction of sp³-hybridized carbons (Fsp3) is 0.182. The Labute approximate surface area is 242 Å². The average molecular weight is 563 g/mol. The van der Waals surface area contributed by atoms with Crippen molar-refractivity contribution in [2.24, 2.45) is 0 Å². The minimum absolute atomic E-state index is 0.0256. The summed E-state index contributed by atoms with van der Waals surface area (Å²) in [5.41, 5.74) is 5.24. The van der Waals surface area contributed by atoms with Gasteiger partial charge in [-0.2, -0.15) is 5.10 Å². The van der Waals surface area contributed by atoms with Crippen molar-refractivity contribution in [2.45, 2.75) is 18.9 Å². The number of fused-ring (bicyclic) bond motifs is 1. The van der Waals surface area contributed by atoms with Gasteiger partial charge in [0.2, 0.25) is 0 Å². The van der Waals surface area contributed by atoms with E-state index in [1.807, 2.05) is 60.8 Å². The van der Waals surface area contributed by atoms with Gasteiger partial charge in [-0.05, 0) is 84.5 Å². The Bertz CT molecular complexity index is 1760. The molecular weight excluding hydrogens is 532 g/mol. The first-order chi connectivity index (χ1) is 20.6. The average Bonchev–Trinajstić information content (AvgIpc) is 3.79. The Kier molecular flexibility index (Phi) is 7.83. The fourth-order valence-corrected chi connectivity index (χ4v) is 4.95. The highest BCUT2D eigenvalue weighted by molar-refractivity contribution is 5.83. The molecule has 0 spiro atoms. The Morgan fingerprint density at radius 1 is 1.05 bits per heavy atom. The second-order valence-corrected chi connectivity index (χ2v) is 10.0. The molecule has 0 amide bonds. The lowest BCUT2D eigenvalue weighted by atomic mass is 10.1. The summed E-state index contributed by atoms with van der Waals surface area (Å²) in [7, 11) is 1.63. The molecule has 9 nitrogen and oxygen atoms in total. The van der Waals surface area contributed by atoms with Gasteiger partial charge in [-0.15, -0.1) is 0 Å². The zero-order chi connectivity index (χ0) is 28.9. The van der Waals surface area contributed by atoms with Crippen LogP contribution in [0.15, 0.2) is 79.0 Å². The first-order valence-corrected chi connectivity index (χ1v) is 13.8. The van der Waals surface area contributed by atoms with Crippen LogP contribution in [-0.2, 0) is 4.74 Å². The van der Waals surface area contributed by atoms with E-state index in [0.717, 1.165) is 52.9 Å².